The van der Waals surface area contributed by atoms with Gasteiger partial charge in [-0.25, -0.2) is 17.7 Å². The molecular weight excluding hydrogens is 364 g/mol. The second kappa shape index (κ2) is 6.58. The van der Waals surface area contributed by atoms with Crippen LogP contribution in [0, 0.1) is 11.3 Å². The Hall–Kier alpha value is -1.41. The van der Waals surface area contributed by atoms with Gasteiger partial charge in [-0.05, 0) is 46.0 Å². The van der Waals surface area contributed by atoms with Crippen molar-refractivity contribution in [2.24, 2.45) is 11.3 Å². The second-order valence-electron chi connectivity index (χ2n) is 8.69. The van der Waals surface area contributed by atoms with Crippen LogP contribution in [0.4, 0.5) is 0 Å². The molecule has 1 aromatic heterocycles. The summed E-state index contributed by atoms with van der Waals surface area (Å²) in [6.45, 7) is 8.05. The van der Waals surface area contributed by atoms with Gasteiger partial charge in [0.05, 0.1) is 23.2 Å². The van der Waals surface area contributed by atoms with Crippen molar-refractivity contribution in [3.8, 4) is 0 Å². The van der Waals surface area contributed by atoms with E-state index in [1.807, 2.05) is 15.7 Å². The van der Waals surface area contributed by atoms with Crippen LogP contribution in [0.2, 0.25) is 0 Å². The third-order valence-corrected chi connectivity index (χ3v) is 8.36. The molecular formula is C19H30N4O3S. The molecule has 8 heteroatoms. The maximum absolute atomic E-state index is 13.4. The van der Waals surface area contributed by atoms with E-state index in [4.69, 9.17) is 0 Å². The normalized spacial score (nSPS) is 29.6. The molecule has 0 aromatic carbocycles. The van der Waals surface area contributed by atoms with Crippen LogP contribution in [0.25, 0.3) is 0 Å². The summed E-state index contributed by atoms with van der Waals surface area (Å²) >= 11 is 0. The number of hydrogen-bond donors (Lipinski definition) is 0. The second-order valence-corrected chi connectivity index (χ2v) is 10.9. The lowest BCUT2D eigenvalue weighted by Gasteiger charge is -2.28. The number of aromatic nitrogens is 2. The molecule has 1 aromatic rings. The molecule has 2 saturated heterocycles. The van der Waals surface area contributed by atoms with Crippen molar-refractivity contribution < 1.29 is 13.2 Å². The summed E-state index contributed by atoms with van der Waals surface area (Å²) < 4.78 is 28.7. The van der Waals surface area contributed by atoms with Crippen LogP contribution in [-0.2, 0) is 14.8 Å². The molecule has 0 radical (unpaired) electrons. The first-order chi connectivity index (χ1) is 12.8. The maximum atomic E-state index is 13.4. The Morgan fingerprint density at radius 3 is 2.67 bits per heavy atom. The zero-order chi connectivity index (χ0) is 19.4. The van der Waals surface area contributed by atoms with Crippen LogP contribution in [0.3, 0.4) is 0 Å². The molecule has 4 rings (SSSR count). The zero-order valence-corrected chi connectivity index (χ0v) is 17.3. The van der Waals surface area contributed by atoms with Crippen LogP contribution < -0.4 is 0 Å². The predicted octanol–water partition coefficient (Wildman–Crippen LogP) is 1.84. The van der Waals surface area contributed by atoms with E-state index in [-0.39, 0.29) is 23.6 Å². The van der Waals surface area contributed by atoms with Gasteiger partial charge in [-0.1, -0.05) is 0 Å². The first-order valence-electron chi connectivity index (χ1n) is 10.1. The number of amides is 1. The van der Waals surface area contributed by atoms with Gasteiger partial charge >= 0.3 is 0 Å². The Morgan fingerprint density at radius 2 is 2.07 bits per heavy atom. The summed E-state index contributed by atoms with van der Waals surface area (Å²) in [4.78, 5) is 20.0. The van der Waals surface area contributed by atoms with Crippen molar-refractivity contribution in [2.45, 2.75) is 52.0 Å². The van der Waals surface area contributed by atoms with Gasteiger partial charge in [0.15, 0.2) is 0 Å². The van der Waals surface area contributed by atoms with Crippen LogP contribution in [0.5, 0.6) is 0 Å². The molecule has 27 heavy (non-hydrogen) atoms. The van der Waals surface area contributed by atoms with Gasteiger partial charge in [-0.15, -0.1) is 0 Å². The third kappa shape index (κ3) is 3.20. The number of imidazole rings is 1. The van der Waals surface area contributed by atoms with Crippen LogP contribution in [0.1, 0.15) is 57.7 Å². The van der Waals surface area contributed by atoms with E-state index >= 15 is 0 Å². The zero-order valence-electron chi connectivity index (χ0n) is 16.5. The van der Waals surface area contributed by atoms with E-state index in [0.717, 1.165) is 18.8 Å². The largest absolute Gasteiger partial charge is 0.342 e. The molecule has 2 aliphatic heterocycles. The quantitative estimate of drug-likeness (QED) is 0.738. The molecule has 7 nitrogen and oxygen atoms in total. The van der Waals surface area contributed by atoms with Gasteiger partial charge in [-0.2, -0.15) is 0 Å². The van der Waals surface area contributed by atoms with Gasteiger partial charge in [-0.3, -0.25) is 4.79 Å². The first-order valence-corrected chi connectivity index (χ1v) is 11.7. The highest BCUT2D eigenvalue weighted by molar-refractivity contribution is 7.89. The predicted molar refractivity (Wildman–Crippen MR) is 103 cm³/mol. The molecule has 3 heterocycles. The van der Waals surface area contributed by atoms with Crippen LogP contribution >= 0.6 is 0 Å². The fourth-order valence-electron chi connectivity index (χ4n) is 4.57. The number of rotatable bonds is 6. The third-order valence-electron chi connectivity index (χ3n) is 6.56. The Balaban J connectivity index is 1.68. The summed E-state index contributed by atoms with van der Waals surface area (Å²) in [6, 6.07) is 0.282. The highest BCUT2D eigenvalue weighted by atomic mass is 32.2. The molecule has 1 aliphatic carbocycles. The lowest BCUT2D eigenvalue weighted by molar-refractivity contribution is -0.136. The summed E-state index contributed by atoms with van der Waals surface area (Å²) in [7, 11) is -3.34. The van der Waals surface area contributed by atoms with E-state index in [9.17, 15) is 13.2 Å². The van der Waals surface area contributed by atoms with Gasteiger partial charge in [0.25, 0.3) is 0 Å². The fourth-order valence-corrected chi connectivity index (χ4v) is 5.74. The average molecular weight is 395 g/mol. The maximum Gasteiger partial charge on any atom is 0.230 e. The Bertz CT molecular complexity index is 830. The Kier molecular flexibility index (Phi) is 4.62. The molecule has 1 spiro atoms. The van der Waals surface area contributed by atoms with Gasteiger partial charge in [0, 0.05) is 44.3 Å². The highest BCUT2D eigenvalue weighted by Crippen LogP contribution is 2.51. The lowest BCUT2D eigenvalue weighted by atomic mass is 9.75. The van der Waals surface area contributed by atoms with E-state index in [1.165, 1.54) is 17.1 Å². The topological polar surface area (TPSA) is 75.5 Å². The molecule has 3 fully saturated rings. The Morgan fingerprint density at radius 1 is 1.33 bits per heavy atom. The van der Waals surface area contributed by atoms with Crippen molar-refractivity contribution in [1.82, 2.24) is 18.8 Å². The molecule has 150 valence electrons. The highest BCUT2D eigenvalue weighted by Gasteiger charge is 2.59. The minimum atomic E-state index is -3.34. The van der Waals surface area contributed by atoms with E-state index < -0.39 is 15.4 Å². The first kappa shape index (κ1) is 18.9. The van der Waals surface area contributed by atoms with Crippen molar-refractivity contribution in [1.29, 1.82) is 0 Å². The van der Waals surface area contributed by atoms with Crippen molar-refractivity contribution in [3.63, 3.8) is 0 Å². The monoisotopic (exact) mass is 394 g/mol. The van der Waals surface area contributed by atoms with E-state index in [1.54, 1.807) is 13.3 Å². The molecule has 2 atom stereocenters. The number of nitrogens with zero attached hydrogens (tertiary/aromatic N) is 4. The molecule has 3 aliphatic rings. The summed E-state index contributed by atoms with van der Waals surface area (Å²) in [5, 5.41) is 0. The van der Waals surface area contributed by atoms with Crippen molar-refractivity contribution >= 4 is 15.9 Å². The summed E-state index contributed by atoms with van der Waals surface area (Å²) in [5.41, 5.74) is 0.187. The van der Waals surface area contributed by atoms with Crippen LogP contribution in [-0.4, -0.2) is 65.0 Å². The standard InChI is InChI=1S/C19H30N4O3S/c1-4-27(25,26)23-10-16(17-11-22(13-20-17)14(2)3)19(12-23)7-8-21(18(19)24)9-15-5-6-15/h11,13-16H,4-10,12H2,1-3H3. The van der Waals surface area contributed by atoms with E-state index in [2.05, 4.69) is 18.8 Å². The number of hydrogen-bond acceptors (Lipinski definition) is 4. The van der Waals surface area contributed by atoms with E-state index in [0.29, 0.717) is 25.4 Å². The molecule has 1 saturated carbocycles. The number of carbonyl (C=O) groups excluding carboxylic acids is 1. The SMILES string of the molecule is CCS(=O)(=O)N1CC(c2cn(C(C)C)cn2)C2(CCN(CC3CC3)C2=O)C1. The van der Waals surface area contributed by atoms with Gasteiger partial charge < -0.3 is 9.47 Å². The molecule has 0 bridgehead atoms. The lowest BCUT2D eigenvalue weighted by Crippen LogP contribution is -2.41. The molecule has 1 amide bonds. The van der Waals surface area contributed by atoms with Gasteiger partial charge in [0.1, 0.15) is 0 Å². The molecule has 0 N–H and O–H groups in total. The average Bonchev–Trinajstić information content (AvgIpc) is 3.06. The van der Waals surface area contributed by atoms with Crippen molar-refractivity contribution in [2.75, 3.05) is 31.9 Å². The smallest absolute Gasteiger partial charge is 0.230 e. The van der Waals surface area contributed by atoms with Crippen LogP contribution in [0.15, 0.2) is 12.5 Å². The fraction of sp³-hybridized carbons (Fsp3) is 0.789. The number of carbonyl (C=O) groups is 1. The van der Waals surface area contributed by atoms with Gasteiger partial charge in [0.2, 0.25) is 15.9 Å². The summed E-state index contributed by atoms with van der Waals surface area (Å²) in [5.74, 6) is 0.665. The summed E-state index contributed by atoms with van der Waals surface area (Å²) in [6.07, 6.45) is 6.92. The molecule has 2 unspecified atom stereocenters. The Labute approximate surface area is 161 Å². The number of sulfonamides is 1. The minimum Gasteiger partial charge on any atom is -0.342 e. The number of likely N-dealkylation sites (tertiary alicyclic amines) is 1. The minimum absolute atomic E-state index is 0.0657. The van der Waals surface area contributed by atoms with Crippen molar-refractivity contribution in [3.05, 3.63) is 18.2 Å².